The third-order valence-corrected chi connectivity index (χ3v) is 3.74. The summed E-state index contributed by atoms with van der Waals surface area (Å²) in [5, 5.41) is 9.11. The molecule has 94 valence electrons. The van der Waals surface area contributed by atoms with Crippen molar-refractivity contribution in [2.45, 2.75) is 25.8 Å². The molecular weight excluding hydrogens is 220 g/mol. The number of nitrogens with two attached hydrogens (primary N) is 1. The van der Waals surface area contributed by atoms with Gasteiger partial charge in [-0.3, -0.25) is 9.59 Å². The Bertz CT molecular complexity index is 380. The van der Waals surface area contributed by atoms with Gasteiger partial charge in [0, 0.05) is 19.1 Å². The van der Waals surface area contributed by atoms with Crippen LogP contribution in [0.3, 0.4) is 0 Å². The second kappa shape index (κ2) is 4.14. The van der Waals surface area contributed by atoms with Crippen molar-refractivity contribution >= 4 is 11.9 Å². The largest absolute Gasteiger partial charge is 0.481 e. The first-order valence-corrected chi connectivity index (χ1v) is 5.88. The molecule has 3 atom stereocenters. The van der Waals surface area contributed by atoms with Crippen LogP contribution in [0.15, 0.2) is 12.2 Å². The van der Waals surface area contributed by atoms with Gasteiger partial charge in [0.15, 0.2) is 0 Å². The molecule has 0 bridgehead atoms. The third kappa shape index (κ3) is 2.20. The number of amides is 1. The average Bonchev–Trinajstić information content (AvgIpc) is 2.85. The molecular formula is C12H18N2O3. The van der Waals surface area contributed by atoms with Crippen LogP contribution in [-0.4, -0.2) is 41.0 Å². The van der Waals surface area contributed by atoms with Gasteiger partial charge in [0.2, 0.25) is 5.91 Å². The summed E-state index contributed by atoms with van der Waals surface area (Å²) in [6.07, 6.45) is 4.84. The van der Waals surface area contributed by atoms with Gasteiger partial charge >= 0.3 is 5.97 Å². The van der Waals surface area contributed by atoms with Crippen LogP contribution in [0, 0.1) is 11.3 Å². The minimum Gasteiger partial charge on any atom is -0.481 e. The highest BCUT2D eigenvalue weighted by molar-refractivity contribution is 5.83. The van der Waals surface area contributed by atoms with E-state index in [-0.39, 0.29) is 17.9 Å². The van der Waals surface area contributed by atoms with Gasteiger partial charge in [0.1, 0.15) is 0 Å². The normalized spacial score (nSPS) is 36.5. The average molecular weight is 238 g/mol. The molecule has 1 aliphatic heterocycles. The van der Waals surface area contributed by atoms with Crippen molar-refractivity contribution in [3.63, 3.8) is 0 Å². The topological polar surface area (TPSA) is 83.6 Å². The van der Waals surface area contributed by atoms with Crippen molar-refractivity contribution in [1.82, 2.24) is 4.90 Å². The number of likely N-dealkylation sites (tertiary alicyclic amines) is 1. The van der Waals surface area contributed by atoms with E-state index in [1.54, 1.807) is 11.8 Å². The Kier molecular flexibility index (Phi) is 2.95. The van der Waals surface area contributed by atoms with E-state index >= 15 is 0 Å². The highest BCUT2D eigenvalue weighted by Gasteiger charge is 2.43. The number of hydrogen-bond acceptors (Lipinski definition) is 3. The number of carbonyl (C=O) groups excluding carboxylic acids is 1. The van der Waals surface area contributed by atoms with Crippen LogP contribution in [0.25, 0.3) is 0 Å². The molecule has 1 saturated heterocycles. The van der Waals surface area contributed by atoms with Crippen LogP contribution in [0.5, 0.6) is 0 Å². The van der Waals surface area contributed by atoms with Gasteiger partial charge in [-0.15, -0.1) is 0 Å². The Hall–Kier alpha value is -1.36. The van der Waals surface area contributed by atoms with E-state index in [1.807, 2.05) is 12.2 Å². The highest BCUT2D eigenvalue weighted by Crippen LogP contribution is 2.32. The van der Waals surface area contributed by atoms with Crippen LogP contribution in [-0.2, 0) is 9.59 Å². The SMILES string of the molecule is CC1(C(=O)O)CCN(C(=O)C2C=CC(N)C2)C1. The fraction of sp³-hybridized carbons (Fsp3) is 0.667. The molecule has 17 heavy (non-hydrogen) atoms. The van der Waals surface area contributed by atoms with E-state index in [1.165, 1.54) is 0 Å². The van der Waals surface area contributed by atoms with Crippen molar-refractivity contribution in [3.05, 3.63) is 12.2 Å². The number of nitrogens with zero attached hydrogens (tertiary/aromatic N) is 1. The molecule has 1 aliphatic carbocycles. The van der Waals surface area contributed by atoms with Crippen LogP contribution in [0.4, 0.5) is 0 Å². The van der Waals surface area contributed by atoms with Crippen molar-refractivity contribution in [3.8, 4) is 0 Å². The Balaban J connectivity index is 1.99. The summed E-state index contributed by atoms with van der Waals surface area (Å²) >= 11 is 0. The van der Waals surface area contributed by atoms with Gasteiger partial charge in [-0.25, -0.2) is 0 Å². The van der Waals surface area contributed by atoms with Gasteiger partial charge in [-0.2, -0.15) is 0 Å². The lowest BCUT2D eigenvalue weighted by molar-refractivity contribution is -0.147. The fourth-order valence-corrected chi connectivity index (χ4v) is 2.47. The molecule has 1 fully saturated rings. The zero-order valence-corrected chi connectivity index (χ0v) is 9.93. The van der Waals surface area contributed by atoms with Gasteiger partial charge in [-0.05, 0) is 19.8 Å². The Morgan fingerprint density at radius 2 is 2.18 bits per heavy atom. The molecule has 5 heteroatoms. The number of carboxylic acids is 1. The van der Waals surface area contributed by atoms with Gasteiger partial charge < -0.3 is 15.7 Å². The Morgan fingerprint density at radius 3 is 2.65 bits per heavy atom. The van der Waals surface area contributed by atoms with Gasteiger partial charge in [-0.1, -0.05) is 12.2 Å². The van der Waals surface area contributed by atoms with Crippen molar-refractivity contribution in [2.75, 3.05) is 13.1 Å². The van der Waals surface area contributed by atoms with E-state index in [0.717, 1.165) is 0 Å². The van der Waals surface area contributed by atoms with Gasteiger partial charge in [0.25, 0.3) is 0 Å². The molecule has 0 radical (unpaired) electrons. The highest BCUT2D eigenvalue weighted by atomic mass is 16.4. The monoisotopic (exact) mass is 238 g/mol. The molecule has 0 aromatic heterocycles. The van der Waals surface area contributed by atoms with Crippen LogP contribution >= 0.6 is 0 Å². The molecule has 2 aliphatic rings. The first-order chi connectivity index (χ1) is 7.92. The summed E-state index contributed by atoms with van der Waals surface area (Å²) in [5.74, 6) is -0.980. The van der Waals surface area contributed by atoms with Crippen molar-refractivity contribution in [2.24, 2.45) is 17.1 Å². The lowest BCUT2D eigenvalue weighted by atomic mass is 9.90. The molecule has 3 N–H and O–H groups in total. The van der Waals surface area contributed by atoms with Crippen molar-refractivity contribution in [1.29, 1.82) is 0 Å². The molecule has 0 spiro atoms. The Labute approximate surface area is 100 Å². The summed E-state index contributed by atoms with van der Waals surface area (Å²) < 4.78 is 0. The van der Waals surface area contributed by atoms with E-state index in [2.05, 4.69) is 0 Å². The van der Waals surface area contributed by atoms with Crippen LogP contribution in [0.1, 0.15) is 19.8 Å². The number of hydrogen-bond donors (Lipinski definition) is 2. The molecule has 0 aromatic carbocycles. The number of aliphatic carboxylic acids is 1. The second-order valence-electron chi connectivity index (χ2n) is 5.27. The molecule has 0 aromatic rings. The maximum absolute atomic E-state index is 12.1. The summed E-state index contributed by atoms with van der Waals surface area (Å²) in [5.41, 5.74) is 4.92. The maximum Gasteiger partial charge on any atom is 0.311 e. The standard InChI is InChI=1S/C12H18N2O3/c1-12(11(16)17)4-5-14(7-12)10(15)8-2-3-9(13)6-8/h2-3,8-9H,4-7,13H2,1H3,(H,16,17). The lowest BCUT2D eigenvalue weighted by Crippen LogP contribution is -2.37. The first-order valence-electron chi connectivity index (χ1n) is 5.88. The van der Waals surface area contributed by atoms with Gasteiger partial charge in [0.05, 0.1) is 11.3 Å². The minimum absolute atomic E-state index is 0.0131. The molecule has 3 unspecified atom stereocenters. The maximum atomic E-state index is 12.1. The molecule has 1 amide bonds. The first kappa shape index (κ1) is 12.1. The molecule has 5 nitrogen and oxygen atoms in total. The predicted octanol–water partition coefficient (Wildman–Crippen LogP) is 0.213. The summed E-state index contributed by atoms with van der Waals surface area (Å²) in [6.45, 7) is 2.53. The number of carboxylic acid groups (broad SMARTS) is 1. The van der Waals surface area contributed by atoms with E-state index in [0.29, 0.717) is 25.9 Å². The van der Waals surface area contributed by atoms with Crippen LogP contribution < -0.4 is 5.73 Å². The fourth-order valence-electron chi connectivity index (χ4n) is 2.47. The van der Waals surface area contributed by atoms with E-state index in [9.17, 15) is 9.59 Å². The zero-order valence-electron chi connectivity index (χ0n) is 9.93. The smallest absolute Gasteiger partial charge is 0.311 e. The summed E-state index contributed by atoms with van der Waals surface area (Å²) in [7, 11) is 0. The quantitative estimate of drug-likeness (QED) is 0.674. The lowest BCUT2D eigenvalue weighted by Gasteiger charge is -2.22. The minimum atomic E-state index is -0.827. The molecule has 2 rings (SSSR count). The molecule has 1 heterocycles. The Morgan fingerprint density at radius 1 is 1.47 bits per heavy atom. The zero-order chi connectivity index (χ0) is 12.6. The van der Waals surface area contributed by atoms with E-state index in [4.69, 9.17) is 10.8 Å². The van der Waals surface area contributed by atoms with Crippen LogP contribution in [0.2, 0.25) is 0 Å². The third-order valence-electron chi connectivity index (χ3n) is 3.74. The number of rotatable bonds is 2. The number of carbonyl (C=O) groups is 2. The van der Waals surface area contributed by atoms with E-state index < -0.39 is 11.4 Å². The predicted molar refractivity (Wildman–Crippen MR) is 62.2 cm³/mol. The summed E-state index contributed by atoms with van der Waals surface area (Å²) in [4.78, 5) is 24.9. The molecule has 0 saturated carbocycles. The van der Waals surface area contributed by atoms with Crippen molar-refractivity contribution < 1.29 is 14.7 Å². The summed E-state index contributed by atoms with van der Waals surface area (Å²) in [6, 6.07) is -0.0441. The second-order valence-corrected chi connectivity index (χ2v) is 5.27.